The standard InChI is InChI=1S/C15H24N4O2/c1-11(10-21-3)19(6-7-20-2)9-15-17-13-5-4-12(16)8-14(13)18-15/h4-5,8,11H,6-7,9-10,16H2,1-3H3,(H,17,18). The summed E-state index contributed by atoms with van der Waals surface area (Å²) in [7, 11) is 3.43. The summed E-state index contributed by atoms with van der Waals surface area (Å²) in [4.78, 5) is 10.2. The number of hydrogen-bond donors (Lipinski definition) is 2. The first-order chi connectivity index (χ1) is 10.1. The second-order valence-electron chi connectivity index (χ2n) is 5.23. The molecule has 1 aromatic heterocycles. The van der Waals surface area contributed by atoms with Gasteiger partial charge in [-0.1, -0.05) is 0 Å². The third-order valence-electron chi connectivity index (χ3n) is 3.52. The molecule has 6 heteroatoms. The van der Waals surface area contributed by atoms with Crippen molar-refractivity contribution in [3.63, 3.8) is 0 Å². The number of anilines is 1. The Morgan fingerprint density at radius 1 is 1.33 bits per heavy atom. The monoisotopic (exact) mass is 292 g/mol. The molecule has 0 aliphatic heterocycles. The average molecular weight is 292 g/mol. The number of aromatic amines is 1. The van der Waals surface area contributed by atoms with Crippen LogP contribution < -0.4 is 5.73 Å². The van der Waals surface area contributed by atoms with E-state index in [1.165, 1.54) is 0 Å². The molecule has 116 valence electrons. The number of hydrogen-bond acceptors (Lipinski definition) is 5. The van der Waals surface area contributed by atoms with E-state index < -0.39 is 0 Å². The minimum atomic E-state index is 0.295. The van der Waals surface area contributed by atoms with Crippen molar-refractivity contribution in [2.45, 2.75) is 19.5 Å². The lowest BCUT2D eigenvalue weighted by Gasteiger charge is -2.27. The summed E-state index contributed by atoms with van der Waals surface area (Å²) in [6.07, 6.45) is 0. The van der Waals surface area contributed by atoms with Gasteiger partial charge in [-0.15, -0.1) is 0 Å². The molecule has 1 heterocycles. The molecule has 0 aliphatic carbocycles. The highest BCUT2D eigenvalue weighted by Crippen LogP contribution is 2.16. The molecular formula is C15H24N4O2. The lowest BCUT2D eigenvalue weighted by molar-refractivity contribution is 0.0691. The summed E-state index contributed by atoms with van der Waals surface area (Å²) in [6.45, 7) is 5.06. The van der Waals surface area contributed by atoms with E-state index in [0.717, 1.165) is 35.6 Å². The van der Waals surface area contributed by atoms with Crippen molar-refractivity contribution in [2.24, 2.45) is 0 Å². The molecule has 0 radical (unpaired) electrons. The molecule has 3 N–H and O–H groups in total. The summed E-state index contributed by atoms with van der Waals surface area (Å²) in [6, 6.07) is 6.00. The smallest absolute Gasteiger partial charge is 0.121 e. The Kier molecular flexibility index (Phi) is 5.55. The largest absolute Gasteiger partial charge is 0.399 e. The van der Waals surface area contributed by atoms with E-state index >= 15 is 0 Å². The van der Waals surface area contributed by atoms with E-state index in [0.29, 0.717) is 19.3 Å². The predicted molar refractivity (Wildman–Crippen MR) is 84.1 cm³/mol. The highest BCUT2D eigenvalue weighted by Gasteiger charge is 2.16. The highest BCUT2D eigenvalue weighted by molar-refractivity contribution is 5.78. The van der Waals surface area contributed by atoms with Crippen LogP contribution in [0.25, 0.3) is 11.0 Å². The molecule has 0 amide bonds. The molecule has 0 saturated carbocycles. The Hall–Kier alpha value is -1.63. The topological polar surface area (TPSA) is 76.4 Å². The Morgan fingerprint density at radius 3 is 2.86 bits per heavy atom. The number of nitrogen functional groups attached to an aromatic ring is 1. The maximum atomic E-state index is 5.80. The van der Waals surface area contributed by atoms with Crippen LogP contribution in [0.5, 0.6) is 0 Å². The van der Waals surface area contributed by atoms with Gasteiger partial charge in [0.1, 0.15) is 5.82 Å². The minimum Gasteiger partial charge on any atom is -0.399 e. The second kappa shape index (κ2) is 7.40. The molecule has 0 saturated heterocycles. The van der Waals surface area contributed by atoms with Crippen molar-refractivity contribution in [2.75, 3.05) is 39.7 Å². The Labute approximate surface area is 125 Å². The fourth-order valence-corrected chi connectivity index (χ4v) is 2.36. The van der Waals surface area contributed by atoms with E-state index in [-0.39, 0.29) is 0 Å². The van der Waals surface area contributed by atoms with Gasteiger partial charge in [0.05, 0.1) is 30.8 Å². The van der Waals surface area contributed by atoms with Gasteiger partial charge in [0, 0.05) is 32.5 Å². The number of benzene rings is 1. The Balaban J connectivity index is 2.12. The molecule has 0 aliphatic rings. The number of nitrogens with zero attached hydrogens (tertiary/aromatic N) is 2. The fraction of sp³-hybridized carbons (Fsp3) is 0.533. The van der Waals surface area contributed by atoms with Gasteiger partial charge in [-0.25, -0.2) is 4.98 Å². The lowest BCUT2D eigenvalue weighted by Crippen LogP contribution is -2.38. The van der Waals surface area contributed by atoms with Gasteiger partial charge in [-0.3, -0.25) is 4.90 Å². The van der Waals surface area contributed by atoms with Crippen LogP contribution in [0.2, 0.25) is 0 Å². The van der Waals surface area contributed by atoms with Crippen LogP contribution in [0.1, 0.15) is 12.7 Å². The van der Waals surface area contributed by atoms with Crippen LogP contribution in [0.4, 0.5) is 5.69 Å². The van der Waals surface area contributed by atoms with Crippen LogP contribution in [-0.2, 0) is 16.0 Å². The highest BCUT2D eigenvalue weighted by atomic mass is 16.5. The van der Waals surface area contributed by atoms with Crippen molar-refractivity contribution >= 4 is 16.7 Å². The molecule has 2 rings (SSSR count). The van der Waals surface area contributed by atoms with Crippen LogP contribution in [-0.4, -0.2) is 54.9 Å². The molecule has 1 aromatic carbocycles. The third kappa shape index (κ3) is 4.17. The SMILES string of the molecule is COCCN(Cc1nc2ccc(N)cc2[nH]1)C(C)COC. The van der Waals surface area contributed by atoms with Gasteiger partial charge in [0.25, 0.3) is 0 Å². The first kappa shape index (κ1) is 15.8. The molecule has 21 heavy (non-hydrogen) atoms. The number of fused-ring (bicyclic) bond motifs is 1. The van der Waals surface area contributed by atoms with E-state index in [9.17, 15) is 0 Å². The van der Waals surface area contributed by atoms with Gasteiger partial charge in [0.2, 0.25) is 0 Å². The molecule has 1 atom stereocenters. The van der Waals surface area contributed by atoms with Crippen LogP contribution >= 0.6 is 0 Å². The van der Waals surface area contributed by atoms with Crippen molar-refractivity contribution in [1.82, 2.24) is 14.9 Å². The zero-order valence-electron chi connectivity index (χ0n) is 12.9. The Morgan fingerprint density at radius 2 is 2.14 bits per heavy atom. The minimum absolute atomic E-state index is 0.295. The number of methoxy groups -OCH3 is 2. The lowest BCUT2D eigenvalue weighted by atomic mass is 10.3. The number of rotatable bonds is 8. The van der Waals surface area contributed by atoms with E-state index in [1.807, 2.05) is 18.2 Å². The summed E-state index contributed by atoms with van der Waals surface area (Å²) in [5.74, 6) is 0.926. The zero-order valence-corrected chi connectivity index (χ0v) is 12.9. The summed E-state index contributed by atoms with van der Waals surface area (Å²) in [5.41, 5.74) is 8.44. The molecule has 1 unspecified atom stereocenters. The third-order valence-corrected chi connectivity index (χ3v) is 3.52. The number of nitrogens with two attached hydrogens (primary N) is 1. The molecule has 6 nitrogen and oxygen atoms in total. The van der Waals surface area contributed by atoms with E-state index in [1.54, 1.807) is 14.2 Å². The van der Waals surface area contributed by atoms with Gasteiger partial charge in [0.15, 0.2) is 0 Å². The molecule has 0 fully saturated rings. The molecule has 0 spiro atoms. The summed E-state index contributed by atoms with van der Waals surface area (Å²) < 4.78 is 10.4. The normalized spacial score (nSPS) is 13.1. The van der Waals surface area contributed by atoms with Crippen molar-refractivity contribution < 1.29 is 9.47 Å². The second-order valence-corrected chi connectivity index (χ2v) is 5.23. The van der Waals surface area contributed by atoms with Crippen molar-refractivity contribution in [3.05, 3.63) is 24.0 Å². The van der Waals surface area contributed by atoms with Crippen molar-refractivity contribution in [3.8, 4) is 0 Å². The first-order valence-corrected chi connectivity index (χ1v) is 7.10. The molecular weight excluding hydrogens is 268 g/mol. The van der Waals surface area contributed by atoms with Gasteiger partial charge < -0.3 is 20.2 Å². The average Bonchev–Trinajstić information content (AvgIpc) is 2.85. The van der Waals surface area contributed by atoms with Crippen LogP contribution in [0.15, 0.2) is 18.2 Å². The van der Waals surface area contributed by atoms with Crippen LogP contribution in [0.3, 0.4) is 0 Å². The fourth-order valence-electron chi connectivity index (χ4n) is 2.36. The number of imidazole rings is 1. The molecule has 0 bridgehead atoms. The predicted octanol–water partition coefficient (Wildman–Crippen LogP) is 1.63. The number of H-pyrrole nitrogens is 1. The molecule has 2 aromatic rings. The summed E-state index contributed by atoms with van der Waals surface area (Å²) >= 11 is 0. The Bertz CT molecular complexity index is 570. The van der Waals surface area contributed by atoms with E-state index in [4.69, 9.17) is 15.2 Å². The quantitative estimate of drug-likeness (QED) is 0.723. The maximum Gasteiger partial charge on any atom is 0.121 e. The number of nitrogens with one attached hydrogen (secondary N) is 1. The zero-order chi connectivity index (χ0) is 15.2. The number of ether oxygens (including phenoxy) is 2. The van der Waals surface area contributed by atoms with Gasteiger partial charge in [-0.05, 0) is 25.1 Å². The van der Waals surface area contributed by atoms with E-state index in [2.05, 4.69) is 21.8 Å². The van der Waals surface area contributed by atoms with Gasteiger partial charge >= 0.3 is 0 Å². The summed E-state index contributed by atoms with van der Waals surface area (Å²) in [5, 5.41) is 0. The van der Waals surface area contributed by atoms with Gasteiger partial charge in [-0.2, -0.15) is 0 Å². The first-order valence-electron chi connectivity index (χ1n) is 7.10. The number of aromatic nitrogens is 2. The maximum absolute atomic E-state index is 5.80. The van der Waals surface area contributed by atoms with Crippen molar-refractivity contribution in [1.29, 1.82) is 0 Å². The van der Waals surface area contributed by atoms with Crippen LogP contribution in [0, 0.1) is 0 Å².